The quantitative estimate of drug-likeness (QED) is 0.716. The normalized spacial score (nSPS) is 19.5. The first-order valence-corrected chi connectivity index (χ1v) is 5.39. The van der Waals surface area contributed by atoms with Gasteiger partial charge in [0.1, 0.15) is 11.6 Å². The number of aromatic amines is 1. The number of nitriles is 1. The monoisotopic (exact) mass is 266 g/mol. The molecule has 1 aromatic rings. The lowest BCUT2D eigenvalue weighted by molar-refractivity contribution is 0.0980. The van der Waals surface area contributed by atoms with Gasteiger partial charge in [0.05, 0.1) is 4.83 Å². The third-order valence-corrected chi connectivity index (χ3v) is 3.31. The summed E-state index contributed by atoms with van der Waals surface area (Å²) in [5, 5.41) is 8.68. The van der Waals surface area contributed by atoms with Crippen LogP contribution in [0.3, 0.4) is 0 Å². The molecular formula is C10H7BrN2O2. The number of halogens is 1. The second-order valence-corrected chi connectivity index (χ2v) is 4.49. The van der Waals surface area contributed by atoms with Gasteiger partial charge in [-0.15, -0.1) is 0 Å². The number of aromatic nitrogens is 1. The van der Waals surface area contributed by atoms with E-state index in [0.29, 0.717) is 24.1 Å². The Hall–Kier alpha value is -1.41. The molecule has 0 amide bonds. The topological polar surface area (TPSA) is 73.7 Å². The fraction of sp³-hybridized carbons (Fsp3) is 0.300. The summed E-state index contributed by atoms with van der Waals surface area (Å²) < 4.78 is 0. The van der Waals surface area contributed by atoms with Crippen molar-refractivity contribution in [3.8, 4) is 6.07 Å². The molecule has 0 unspecified atom stereocenters. The summed E-state index contributed by atoms with van der Waals surface area (Å²) in [6.07, 6.45) is 1.33. The number of carbonyl (C=O) groups excluding carboxylic acids is 1. The largest absolute Gasteiger partial charge is 0.324 e. The van der Waals surface area contributed by atoms with Gasteiger partial charge in [0.25, 0.3) is 5.56 Å². The summed E-state index contributed by atoms with van der Waals surface area (Å²) in [4.78, 5) is 25.4. The molecule has 1 aliphatic carbocycles. The molecule has 0 aromatic carbocycles. The van der Waals surface area contributed by atoms with Crippen molar-refractivity contribution < 1.29 is 4.79 Å². The number of nitrogens with zero attached hydrogens (tertiary/aromatic N) is 1. The SMILES string of the molecule is N#Cc1cc2c([nH]c1=O)CC[C@@H](Br)C2=O. The van der Waals surface area contributed by atoms with Crippen molar-refractivity contribution in [1.29, 1.82) is 5.26 Å². The van der Waals surface area contributed by atoms with E-state index in [1.807, 2.05) is 0 Å². The summed E-state index contributed by atoms with van der Waals surface area (Å²) >= 11 is 3.26. The van der Waals surface area contributed by atoms with E-state index in [4.69, 9.17) is 5.26 Å². The van der Waals surface area contributed by atoms with Gasteiger partial charge in [-0.05, 0) is 18.9 Å². The minimum Gasteiger partial charge on any atom is -0.324 e. The van der Waals surface area contributed by atoms with Gasteiger partial charge in [-0.2, -0.15) is 5.26 Å². The molecule has 5 heteroatoms. The van der Waals surface area contributed by atoms with Gasteiger partial charge in [-0.25, -0.2) is 0 Å². The molecule has 0 radical (unpaired) electrons. The number of ketones is 1. The number of pyridine rings is 1. The first-order chi connectivity index (χ1) is 7.13. The number of Topliss-reactive ketones (excluding diaryl/α,β-unsaturated/α-hetero) is 1. The van der Waals surface area contributed by atoms with Gasteiger partial charge in [-0.3, -0.25) is 9.59 Å². The van der Waals surface area contributed by atoms with Crippen molar-refractivity contribution in [2.75, 3.05) is 0 Å². The van der Waals surface area contributed by atoms with E-state index in [-0.39, 0.29) is 16.2 Å². The van der Waals surface area contributed by atoms with Gasteiger partial charge in [0, 0.05) is 11.3 Å². The van der Waals surface area contributed by atoms with E-state index in [0.717, 1.165) is 0 Å². The molecule has 0 spiro atoms. The number of hydrogen-bond donors (Lipinski definition) is 1. The molecule has 1 atom stereocenters. The maximum Gasteiger partial charge on any atom is 0.266 e. The molecule has 1 heterocycles. The third kappa shape index (κ3) is 1.61. The average molecular weight is 267 g/mol. The van der Waals surface area contributed by atoms with Crippen LogP contribution in [-0.4, -0.2) is 15.6 Å². The summed E-state index contributed by atoms with van der Waals surface area (Å²) in [6, 6.07) is 3.15. The van der Waals surface area contributed by atoms with Gasteiger partial charge >= 0.3 is 0 Å². The second-order valence-electron chi connectivity index (χ2n) is 3.39. The highest BCUT2D eigenvalue weighted by Gasteiger charge is 2.26. The minimum absolute atomic E-state index is 0.0105. The number of carbonyl (C=O) groups is 1. The molecule has 0 aliphatic heterocycles. The Balaban J connectivity index is 2.65. The Morgan fingerprint density at radius 3 is 2.93 bits per heavy atom. The molecule has 4 nitrogen and oxygen atoms in total. The van der Waals surface area contributed by atoms with Crippen LogP contribution in [0.2, 0.25) is 0 Å². The van der Waals surface area contributed by atoms with Crippen LogP contribution in [0, 0.1) is 11.3 Å². The fourth-order valence-electron chi connectivity index (χ4n) is 1.64. The molecule has 1 N–H and O–H groups in total. The molecule has 0 saturated heterocycles. The zero-order chi connectivity index (χ0) is 11.0. The third-order valence-electron chi connectivity index (χ3n) is 2.44. The average Bonchev–Trinajstić information content (AvgIpc) is 2.23. The van der Waals surface area contributed by atoms with Crippen LogP contribution in [-0.2, 0) is 6.42 Å². The number of H-pyrrole nitrogens is 1. The van der Waals surface area contributed by atoms with Crippen LogP contribution >= 0.6 is 15.9 Å². The first kappa shape index (κ1) is 10.1. The predicted molar refractivity (Wildman–Crippen MR) is 57.1 cm³/mol. The van der Waals surface area contributed by atoms with Crippen LogP contribution in [0.25, 0.3) is 0 Å². The number of aryl methyl sites for hydroxylation is 1. The zero-order valence-electron chi connectivity index (χ0n) is 7.71. The highest BCUT2D eigenvalue weighted by molar-refractivity contribution is 9.10. The standard InChI is InChI=1S/C10H7BrN2O2/c11-7-1-2-8-6(9(7)14)3-5(4-12)10(15)13-8/h3,7H,1-2H2,(H,13,15)/t7-/m1/s1. The van der Waals surface area contributed by atoms with Crippen LogP contribution in [0.5, 0.6) is 0 Å². The van der Waals surface area contributed by atoms with Crippen molar-refractivity contribution in [2.24, 2.45) is 0 Å². The lowest BCUT2D eigenvalue weighted by atomic mass is 9.94. The Bertz CT molecular complexity index is 527. The minimum atomic E-state index is -0.419. The number of nitrogens with one attached hydrogen (secondary N) is 1. The predicted octanol–water partition coefficient (Wildman–Crippen LogP) is 1.14. The number of hydrogen-bond acceptors (Lipinski definition) is 3. The maximum atomic E-state index is 11.7. The number of rotatable bonds is 0. The Kier molecular flexibility index (Phi) is 2.45. The van der Waals surface area contributed by atoms with Crippen molar-refractivity contribution in [3.63, 3.8) is 0 Å². The van der Waals surface area contributed by atoms with Gasteiger partial charge in [0.15, 0.2) is 5.78 Å². The number of fused-ring (bicyclic) bond motifs is 1. The van der Waals surface area contributed by atoms with E-state index in [1.165, 1.54) is 6.07 Å². The molecule has 0 bridgehead atoms. The smallest absolute Gasteiger partial charge is 0.266 e. The van der Waals surface area contributed by atoms with E-state index in [9.17, 15) is 9.59 Å². The molecule has 76 valence electrons. The van der Waals surface area contributed by atoms with Crippen LogP contribution in [0.4, 0.5) is 0 Å². The Morgan fingerprint density at radius 2 is 2.27 bits per heavy atom. The van der Waals surface area contributed by atoms with Gasteiger partial charge in [0.2, 0.25) is 0 Å². The van der Waals surface area contributed by atoms with Crippen molar-refractivity contribution in [3.05, 3.63) is 33.2 Å². The van der Waals surface area contributed by atoms with E-state index < -0.39 is 5.56 Å². The molecule has 1 aliphatic rings. The van der Waals surface area contributed by atoms with Crippen molar-refractivity contribution >= 4 is 21.7 Å². The van der Waals surface area contributed by atoms with Crippen molar-refractivity contribution in [1.82, 2.24) is 4.98 Å². The Labute approximate surface area is 94.1 Å². The van der Waals surface area contributed by atoms with Crippen LogP contribution in [0.15, 0.2) is 10.9 Å². The van der Waals surface area contributed by atoms with Crippen molar-refractivity contribution in [2.45, 2.75) is 17.7 Å². The highest BCUT2D eigenvalue weighted by Crippen LogP contribution is 2.23. The Morgan fingerprint density at radius 1 is 1.53 bits per heavy atom. The summed E-state index contributed by atoms with van der Waals surface area (Å²) in [5.74, 6) is -0.0657. The lowest BCUT2D eigenvalue weighted by Gasteiger charge is -2.18. The maximum absolute atomic E-state index is 11.7. The molecule has 0 fully saturated rings. The first-order valence-electron chi connectivity index (χ1n) is 4.48. The van der Waals surface area contributed by atoms with E-state index >= 15 is 0 Å². The van der Waals surface area contributed by atoms with Crippen LogP contribution < -0.4 is 5.56 Å². The van der Waals surface area contributed by atoms with Gasteiger partial charge < -0.3 is 4.98 Å². The zero-order valence-corrected chi connectivity index (χ0v) is 9.30. The number of alkyl halides is 1. The summed E-state index contributed by atoms with van der Waals surface area (Å²) in [7, 11) is 0. The summed E-state index contributed by atoms with van der Waals surface area (Å²) in [6.45, 7) is 0. The molecule has 0 saturated carbocycles. The van der Waals surface area contributed by atoms with E-state index in [2.05, 4.69) is 20.9 Å². The lowest BCUT2D eigenvalue weighted by Crippen LogP contribution is -2.27. The van der Waals surface area contributed by atoms with Gasteiger partial charge in [-0.1, -0.05) is 15.9 Å². The van der Waals surface area contributed by atoms with E-state index in [1.54, 1.807) is 6.07 Å². The molecule has 1 aromatic heterocycles. The van der Waals surface area contributed by atoms with Crippen LogP contribution in [0.1, 0.15) is 28.0 Å². The summed E-state index contributed by atoms with van der Waals surface area (Å²) in [5.41, 5.74) is 0.666. The molecular weight excluding hydrogens is 260 g/mol. The fourth-order valence-corrected chi connectivity index (χ4v) is 2.12. The second kappa shape index (κ2) is 3.63. The molecule has 2 rings (SSSR count). The highest BCUT2D eigenvalue weighted by atomic mass is 79.9. The molecule has 15 heavy (non-hydrogen) atoms.